The van der Waals surface area contributed by atoms with Crippen molar-refractivity contribution in [3.63, 3.8) is 0 Å². The highest BCUT2D eigenvalue weighted by Crippen LogP contribution is 2.17. The van der Waals surface area contributed by atoms with Gasteiger partial charge in [-0.15, -0.1) is 0 Å². The molecule has 1 fully saturated rings. The van der Waals surface area contributed by atoms with E-state index in [2.05, 4.69) is 46.4 Å². The lowest BCUT2D eigenvalue weighted by atomic mass is 9.99. The van der Waals surface area contributed by atoms with E-state index >= 15 is 0 Å². The molecule has 0 amide bonds. The molecule has 3 heteroatoms. The SMILES string of the molecule is CC1CCN(CCNCc2cccc3[nH]ccc23)CC1. The number of likely N-dealkylation sites (tertiary alicyclic amines) is 1. The van der Waals surface area contributed by atoms with E-state index in [1.54, 1.807) is 0 Å². The zero-order valence-electron chi connectivity index (χ0n) is 12.4. The number of rotatable bonds is 5. The Morgan fingerprint density at radius 2 is 2.10 bits per heavy atom. The van der Waals surface area contributed by atoms with Gasteiger partial charge in [0, 0.05) is 36.7 Å². The third-order valence-corrected chi connectivity index (χ3v) is 4.48. The lowest BCUT2D eigenvalue weighted by molar-refractivity contribution is 0.193. The van der Waals surface area contributed by atoms with Crippen LogP contribution in [0.15, 0.2) is 30.5 Å². The van der Waals surface area contributed by atoms with Crippen LogP contribution in [0, 0.1) is 5.92 Å². The second-order valence-corrected chi connectivity index (χ2v) is 6.06. The molecular formula is C17H25N3. The molecule has 2 N–H and O–H groups in total. The number of benzene rings is 1. The van der Waals surface area contributed by atoms with E-state index in [4.69, 9.17) is 0 Å². The third kappa shape index (κ3) is 3.22. The van der Waals surface area contributed by atoms with Crippen LogP contribution >= 0.6 is 0 Å². The van der Waals surface area contributed by atoms with Crippen molar-refractivity contribution in [2.75, 3.05) is 26.2 Å². The first-order valence-electron chi connectivity index (χ1n) is 7.81. The molecule has 20 heavy (non-hydrogen) atoms. The highest BCUT2D eigenvalue weighted by Gasteiger charge is 2.14. The summed E-state index contributed by atoms with van der Waals surface area (Å²) in [4.78, 5) is 5.86. The number of aromatic amines is 1. The summed E-state index contributed by atoms with van der Waals surface area (Å²) in [6.45, 7) is 8.13. The maximum atomic E-state index is 3.59. The van der Waals surface area contributed by atoms with Crippen LogP contribution in [0.2, 0.25) is 0 Å². The fourth-order valence-corrected chi connectivity index (χ4v) is 3.05. The Bertz CT molecular complexity index is 538. The Kier molecular flexibility index (Phi) is 4.38. The normalized spacial score (nSPS) is 17.9. The Morgan fingerprint density at radius 1 is 1.25 bits per heavy atom. The predicted molar refractivity (Wildman–Crippen MR) is 84.8 cm³/mol. The van der Waals surface area contributed by atoms with E-state index in [9.17, 15) is 0 Å². The van der Waals surface area contributed by atoms with Gasteiger partial charge in [-0.05, 0) is 49.5 Å². The maximum Gasteiger partial charge on any atom is 0.0457 e. The first-order valence-corrected chi connectivity index (χ1v) is 7.81. The summed E-state index contributed by atoms with van der Waals surface area (Å²) < 4.78 is 0. The lowest BCUT2D eigenvalue weighted by Crippen LogP contribution is -2.37. The summed E-state index contributed by atoms with van der Waals surface area (Å²) in [5, 5.41) is 4.93. The highest BCUT2D eigenvalue weighted by atomic mass is 15.1. The van der Waals surface area contributed by atoms with Crippen molar-refractivity contribution in [1.82, 2.24) is 15.2 Å². The molecule has 0 aliphatic carbocycles. The average molecular weight is 271 g/mol. The van der Waals surface area contributed by atoms with Crippen molar-refractivity contribution in [2.24, 2.45) is 5.92 Å². The largest absolute Gasteiger partial charge is 0.361 e. The van der Waals surface area contributed by atoms with E-state index in [0.717, 1.165) is 19.0 Å². The van der Waals surface area contributed by atoms with Crippen LogP contribution in [-0.4, -0.2) is 36.1 Å². The van der Waals surface area contributed by atoms with Crippen LogP contribution in [0.4, 0.5) is 0 Å². The molecule has 0 atom stereocenters. The van der Waals surface area contributed by atoms with E-state index in [1.807, 2.05) is 6.20 Å². The van der Waals surface area contributed by atoms with Crippen LogP contribution in [0.1, 0.15) is 25.3 Å². The summed E-state index contributed by atoms with van der Waals surface area (Å²) in [7, 11) is 0. The number of hydrogen-bond acceptors (Lipinski definition) is 2. The molecule has 2 aromatic rings. The van der Waals surface area contributed by atoms with Gasteiger partial charge in [0.05, 0.1) is 0 Å². The second kappa shape index (κ2) is 6.42. The first-order chi connectivity index (χ1) is 9.83. The van der Waals surface area contributed by atoms with Gasteiger partial charge >= 0.3 is 0 Å². The van der Waals surface area contributed by atoms with Gasteiger partial charge in [-0.25, -0.2) is 0 Å². The van der Waals surface area contributed by atoms with Crippen molar-refractivity contribution in [1.29, 1.82) is 0 Å². The van der Waals surface area contributed by atoms with Gasteiger partial charge in [-0.1, -0.05) is 19.1 Å². The monoisotopic (exact) mass is 271 g/mol. The Balaban J connectivity index is 1.45. The topological polar surface area (TPSA) is 31.1 Å². The summed E-state index contributed by atoms with van der Waals surface area (Å²) >= 11 is 0. The molecule has 1 saturated heterocycles. The molecule has 3 nitrogen and oxygen atoms in total. The minimum atomic E-state index is 0.922. The fraction of sp³-hybridized carbons (Fsp3) is 0.529. The van der Waals surface area contributed by atoms with E-state index < -0.39 is 0 Å². The molecule has 0 unspecified atom stereocenters. The Hall–Kier alpha value is -1.32. The van der Waals surface area contributed by atoms with Crippen molar-refractivity contribution in [3.8, 4) is 0 Å². The molecule has 0 bridgehead atoms. The molecule has 2 heterocycles. The van der Waals surface area contributed by atoms with Crippen molar-refractivity contribution < 1.29 is 0 Å². The van der Waals surface area contributed by atoms with Gasteiger partial charge in [-0.2, -0.15) is 0 Å². The number of nitrogens with zero attached hydrogens (tertiary/aromatic N) is 1. The number of fused-ring (bicyclic) bond motifs is 1. The minimum Gasteiger partial charge on any atom is -0.361 e. The Morgan fingerprint density at radius 3 is 2.95 bits per heavy atom. The molecule has 0 spiro atoms. The molecule has 1 aromatic carbocycles. The van der Waals surface area contributed by atoms with E-state index in [0.29, 0.717) is 0 Å². The maximum absolute atomic E-state index is 3.59. The number of piperidine rings is 1. The van der Waals surface area contributed by atoms with Gasteiger partial charge in [0.15, 0.2) is 0 Å². The predicted octanol–water partition coefficient (Wildman–Crippen LogP) is 2.99. The zero-order chi connectivity index (χ0) is 13.8. The molecule has 1 aliphatic rings. The van der Waals surface area contributed by atoms with E-state index in [1.165, 1.54) is 48.9 Å². The van der Waals surface area contributed by atoms with Gasteiger partial charge in [-0.3, -0.25) is 0 Å². The molecule has 0 saturated carbocycles. The van der Waals surface area contributed by atoms with Gasteiger partial charge in [0.1, 0.15) is 0 Å². The first kappa shape index (κ1) is 13.7. The minimum absolute atomic E-state index is 0.922. The molecular weight excluding hydrogens is 246 g/mol. The van der Waals surface area contributed by atoms with Crippen molar-refractivity contribution >= 4 is 10.9 Å². The Labute approximate surface area is 121 Å². The van der Waals surface area contributed by atoms with Crippen LogP contribution in [-0.2, 0) is 6.54 Å². The third-order valence-electron chi connectivity index (χ3n) is 4.48. The van der Waals surface area contributed by atoms with Gasteiger partial charge in [0.25, 0.3) is 0 Å². The van der Waals surface area contributed by atoms with Gasteiger partial charge in [0.2, 0.25) is 0 Å². The fourth-order valence-electron chi connectivity index (χ4n) is 3.05. The molecule has 1 aromatic heterocycles. The number of nitrogens with one attached hydrogen (secondary N) is 2. The summed E-state index contributed by atoms with van der Waals surface area (Å²) in [6.07, 6.45) is 4.74. The van der Waals surface area contributed by atoms with Crippen LogP contribution in [0.5, 0.6) is 0 Å². The highest BCUT2D eigenvalue weighted by molar-refractivity contribution is 5.82. The molecule has 3 rings (SSSR count). The van der Waals surface area contributed by atoms with Gasteiger partial charge < -0.3 is 15.2 Å². The second-order valence-electron chi connectivity index (χ2n) is 6.06. The van der Waals surface area contributed by atoms with Crippen molar-refractivity contribution in [2.45, 2.75) is 26.3 Å². The zero-order valence-corrected chi connectivity index (χ0v) is 12.4. The lowest BCUT2D eigenvalue weighted by Gasteiger charge is -2.30. The average Bonchev–Trinajstić information content (AvgIpc) is 2.94. The summed E-state index contributed by atoms with van der Waals surface area (Å²) in [5.41, 5.74) is 2.62. The number of H-pyrrole nitrogens is 1. The molecule has 1 aliphatic heterocycles. The summed E-state index contributed by atoms with van der Waals surface area (Å²) in [5.74, 6) is 0.922. The van der Waals surface area contributed by atoms with E-state index in [-0.39, 0.29) is 0 Å². The molecule has 108 valence electrons. The smallest absolute Gasteiger partial charge is 0.0457 e. The standard InChI is InChI=1S/C17H25N3/c1-14-6-10-20(11-7-14)12-9-18-13-15-3-2-4-17-16(15)5-8-19-17/h2-5,8,14,18-19H,6-7,9-13H2,1H3. The van der Waals surface area contributed by atoms with Crippen molar-refractivity contribution in [3.05, 3.63) is 36.0 Å². The molecule has 0 radical (unpaired) electrons. The van der Waals surface area contributed by atoms with Crippen LogP contribution in [0.25, 0.3) is 10.9 Å². The van der Waals surface area contributed by atoms with Crippen LogP contribution in [0.3, 0.4) is 0 Å². The number of aromatic nitrogens is 1. The van der Waals surface area contributed by atoms with Crippen LogP contribution < -0.4 is 5.32 Å². The quantitative estimate of drug-likeness (QED) is 0.819. The number of hydrogen-bond donors (Lipinski definition) is 2. The summed E-state index contributed by atoms with van der Waals surface area (Å²) in [6, 6.07) is 8.64.